The quantitative estimate of drug-likeness (QED) is 0.276. The Bertz CT molecular complexity index is 2050. The van der Waals surface area contributed by atoms with Crippen LogP contribution in [0.25, 0.3) is 27.6 Å². The van der Waals surface area contributed by atoms with Crippen molar-refractivity contribution in [3.8, 4) is 11.6 Å². The lowest BCUT2D eigenvalue weighted by Crippen LogP contribution is -2.40. The number of carbonyl (C=O) groups is 1. The van der Waals surface area contributed by atoms with Crippen molar-refractivity contribution >= 4 is 45.2 Å². The molecule has 4 aromatic heterocycles. The van der Waals surface area contributed by atoms with Crippen molar-refractivity contribution in [2.75, 3.05) is 56.7 Å². The van der Waals surface area contributed by atoms with Gasteiger partial charge in [-0.05, 0) is 56.0 Å². The molecule has 1 aromatic carbocycles. The Labute approximate surface area is 271 Å². The smallest absolute Gasteiger partial charge is 0.278 e. The Morgan fingerprint density at radius 3 is 2.81 bits per heavy atom. The molecular weight excluding hydrogens is 598 g/mol. The number of allylic oxidation sites excluding steroid dienone is 2. The van der Waals surface area contributed by atoms with E-state index in [1.165, 1.54) is 5.52 Å². The van der Waals surface area contributed by atoms with Crippen LogP contribution in [-0.4, -0.2) is 86.2 Å². The fourth-order valence-electron chi connectivity index (χ4n) is 6.94. The summed E-state index contributed by atoms with van der Waals surface area (Å²) >= 11 is 0. The van der Waals surface area contributed by atoms with Crippen molar-refractivity contribution in [2.24, 2.45) is 0 Å². The molecule has 0 spiro atoms. The first kappa shape index (κ1) is 29.4. The highest BCUT2D eigenvalue weighted by Crippen LogP contribution is 2.33. The van der Waals surface area contributed by atoms with Crippen LogP contribution in [0.1, 0.15) is 31.7 Å². The van der Waals surface area contributed by atoms with Crippen LogP contribution in [-0.2, 0) is 16.1 Å². The molecule has 0 saturated carbocycles. The van der Waals surface area contributed by atoms with E-state index in [2.05, 4.69) is 49.1 Å². The molecule has 242 valence electrons. The van der Waals surface area contributed by atoms with Crippen LogP contribution in [0, 0.1) is 0 Å². The van der Waals surface area contributed by atoms with E-state index in [1.807, 2.05) is 24.3 Å². The predicted octanol–water partition coefficient (Wildman–Crippen LogP) is 4.03. The van der Waals surface area contributed by atoms with Gasteiger partial charge in [0.2, 0.25) is 11.8 Å². The second-order valence-electron chi connectivity index (χ2n) is 12.3. The Hall–Kier alpha value is -5.01. The summed E-state index contributed by atoms with van der Waals surface area (Å²) in [5, 5.41) is 4.88. The number of amides is 1. The molecule has 1 saturated heterocycles. The Morgan fingerprint density at radius 1 is 1.04 bits per heavy atom. The zero-order chi connectivity index (χ0) is 31.9. The van der Waals surface area contributed by atoms with Gasteiger partial charge in [-0.25, -0.2) is 19.3 Å². The first-order valence-electron chi connectivity index (χ1n) is 16.2. The number of ether oxygens (including phenoxy) is 2. The molecule has 5 aromatic rings. The Kier molecular flexibility index (Phi) is 7.70. The lowest BCUT2D eigenvalue weighted by atomic mass is 10.0. The van der Waals surface area contributed by atoms with Crippen molar-refractivity contribution in [3.05, 3.63) is 71.4 Å². The van der Waals surface area contributed by atoms with Crippen LogP contribution in [0.15, 0.2) is 65.9 Å². The standard InChI is InChI=1S/C34H37N9O4/c1-46-17-16-39-13-9-25(10-14-39)40-15-8-23-18-24(6-7-28(23)40)37-34-36-21-27-31(38-34)43-26-19-29-32(35-20-26)47-22-30(44)41(29)11-4-2-3-5-12-42(43)33(27)45/h3,5-8,15,18-21,25H,2,4,9-14,16-17,22H2,1H3,(H,36,37,38). The molecule has 3 aliphatic rings. The third kappa shape index (κ3) is 5.44. The van der Waals surface area contributed by atoms with E-state index in [-0.39, 0.29) is 18.1 Å². The van der Waals surface area contributed by atoms with Gasteiger partial charge in [0.25, 0.3) is 11.5 Å². The van der Waals surface area contributed by atoms with E-state index in [4.69, 9.17) is 14.5 Å². The zero-order valence-electron chi connectivity index (χ0n) is 26.3. The van der Waals surface area contributed by atoms with Gasteiger partial charge in [0.15, 0.2) is 12.3 Å². The average molecular weight is 636 g/mol. The number of benzene rings is 1. The highest BCUT2D eigenvalue weighted by molar-refractivity contribution is 5.97. The summed E-state index contributed by atoms with van der Waals surface area (Å²) in [7, 11) is 1.75. The molecule has 1 N–H and O–H groups in total. The van der Waals surface area contributed by atoms with E-state index in [0.29, 0.717) is 53.4 Å². The van der Waals surface area contributed by atoms with Crippen LogP contribution in [0.3, 0.4) is 0 Å². The Morgan fingerprint density at radius 2 is 1.94 bits per heavy atom. The summed E-state index contributed by atoms with van der Waals surface area (Å²) in [5.41, 5.74) is 3.48. The molecule has 0 radical (unpaired) electrons. The number of hydrogen-bond donors (Lipinski definition) is 1. The lowest BCUT2D eigenvalue weighted by molar-refractivity contribution is -0.121. The summed E-state index contributed by atoms with van der Waals surface area (Å²) in [4.78, 5) is 44.5. The minimum absolute atomic E-state index is 0.0419. The molecule has 1 amide bonds. The highest BCUT2D eigenvalue weighted by Gasteiger charge is 2.28. The molecule has 13 heteroatoms. The maximum atomic E-state index is 13.6. The highest BCUT2D eigenvalue weighted by atomic mass is 16.5. The fraction of sp³-hybridized carbons (Fsp3) is 0.382. The molecule has 0 atom stereocenters. The molecule has 13 nitrogen and oxygen atoms in total. The number of nitrogens with one attached hydrogen (secondary N) is 1. The molecule has 1 fully saturated rings. The summed E-state index contributed by atoms with van der Waals surface area (Å²) in [6.45, 7) is 4.77. The second-order valence-corrected chi connectivity index (χ2v) is 12.3. The fourth-order valence-corrected chi connectivity index (χ4v) is 6.94. The normalized spacial score (nSPS) is 17.4. The number of aromatic nitrogens is 6. The molecule has 47 heavy (non-hydrogen) atoms. The summed E-state index contributed by atoms with van der Waals surface area (Å²) in [6, 6.07) is 10.8. The number of hydrogen-bond acceptors (Lipinski definition) is 9. The summed E-state index contributed by atoms with van der Waals surface area (Å²) < 4.78 is 16.7. The molecule has 0 unspecified atom stereocenters. The number of fused-ring (bicyclic) bond motifs is 6. The second kappa shape index (κ2) is 12.3. The van der Waals surface area contributed by atoms with Crippen LogP contribution in [0.5, 0.6) is 5.88 Å². The largest absolute Gasteiger partial charge is 0.466 e. The molecule has 3 aliphatic heterocycles. The molecule has 0 aliphatic carbocycles. The number of piperidine rings is 1. The molecule has 8 rings (SSSR count). The Balaban J connectivity index is 1.11. The average Bonchev–Trinajstić information content (AvgIpc) is 3.63. The third-order valence-corrected chi connectivity index (χ3v) is 9.40. The SMILES string of the molecule is COCCN1CCC(n2ccc3cc(Nc4ncc5c(=O)n6n(c5n4)-c4cnc5c(c4)N(CCCC=CC6)C(=O)CO5)ccc32)CC1. The van der Waals surface area contributed by atoms with Crippen molar-refractivity contribution in [3.63, 3.8) is 0 Å². The summed E-state index contributed by atoms with van der Waals surface area (Å²) in [6.07, 6.45) is 13.2. The van der Waals surface area contributed by atoms with Gasteiger partial charge in [-0.1, -0.05) is 12.2 Å². The van der Waals surface area contributed by atoms with E-state index in [0.717, 1.165) is 63.0 Å². The van der Waals surface area contributed by atoms with Crippen LogP contribution < -0.4 is 20.5 Å². The van der Waals surface area contributed by atoms with Crippen molar-refractivity contribution < 1.29 is 14.3 Å². The van der Waals surface area contributed by atoms with Gasteiger partial charge in [-0.3, -0.25) is 9.59 Å². The van der Waals surface area contributed by atoms with E-state index in [1.54, 1.807) is 33.8 Å². The summed E-state index contributed by atoms with van der Waals surface area (Å²) in [5.74, 6) is 0.657. The number of anilines is 3. The molecule has 2 bridgehead atoms. The maximum absolute atomic E-state index is 13.6. The lowest BCUT2D eigenvalue weighted by Gasteiger charge is -2.33. The number of nitrogens with zero attached hydrogens (tertiary/aromatic N) is 8. The van der Waals surface area contributed by atoms with Crippen LogP contribution in [0.4, 0.5) is 17.3 Å². The number of carbonyl (C=O) groups excluding carboxylic acids is 1. The van der Waals surface area contributed by atoms with E-state index >= 15 is 0 Å². The third-order valence-electron chi connectivity index (χ3n) is 9.40. The van der Waals surface area contributed by atoms with Gasteiger partial charge in [0.05, 0.1) is 25.0 Å². The minimum atomic E-state index is -0.206. The molecule has 7 heterocycles. The van der Waals surface area contributed by atoms with Crippen LogP contribution in [0.2, 0.25) is 0 Å². The number of pyridine rings is 1. The van der Waals surface area contributed by atoms with E-state index in [9.17, 15) is 9.59 Å². The van der Waals surface area contributed by atoms with Crippen molar-refractivity contribution in [1.82, 2.24) is 33.8 Å². The van der Waals surface area contributed by atoms with Gasteiger partial charge < -0.3 is 29.2 Å². The molecular formula is C34H37N9O4. The van der Waals surface area contributed by atoms with Gasteiger partial charge >= 0.3 is 0 Å². The predicted molar refractivity (Wildman–Crippen MR) is 179 cm³/mol. The minimum Gasteiger partial charge on any atom is -0.466 e. The topological polar surface area (TPSA) is 125 Å². The number of rotatable bonds is 6. The van der Waals surface area contributed by atoms with Gasteiger partial charge in [-0.2, -0.15) is 4.98 Å². The first-order valence-corrected chi connectivity index (χ1v) is 16.2. The van der Waals surface area contributed by atoms with Crippen molar-refractivity contribution in [2.45, 2.75) is 38.3 Å². The van der Waals surface area contributed by atoms with Crippen LogP contribution >= 0.6 is 0 Å². The number of likely N-dealkylation sites (tertiary alicyclic amines) is 1. The van der Waals surface area contributed by atoms with E-state index < -0.39 is 0 Å². The van der Waals surface area contributed by atoms with Crippen molar-refractivity contribution in [1.29, 1.82) is 0 Å². The zero-order valence-corrected chi connectivity index (χ0v) is 26.3. The number of methoxy groups -OCH3 is 1. The van der Waals surface area contributed by atoms with Gasteiger partial charge in [0.1, 0.15) is 11.1 Å². The first-order chi connectivity index (χ1) is 23.1. The van der Waals surface area contributed by atoms with Gasteiger partial charge in [-0.15, -0.1) is 0 Å². The maximum Gasteiger partial charge on any atom is 0.278 e. The van der Waals surface area contributed by atoms with Gasteiger partial charge in [0, 0.05) is 68.3 Å². The monoisotopic (exact) mass is 635 g/mol.